The van der Waals surface area contributed by atoms with E-state index in [1.165, 1.54) is 15.9 Å². The van der Waals surface area contributed by atoms with Crippen LogP contribution >= 0.6 is 0 Å². The highest BCUT2D eigenvalue weighted by Crippen LogP contribution is 2.59. The number of carbonyl (C=O) groups excluding carboxylic acids is 4. The summed E-state index contributed by atoms with van der Waals surface area (Å²) in [5.41, 5.74) is 6.32. The maximum atomic E-state index is 15.0. The molecule has 1 saturated carbocycles. The molecule has 0 bridgehead atoms. The minimum atomic E-state index is -0.885. The van der Waals surface area contributed by atoms with Gasteiger partial charge in [-0.15, -0.1) is 0 Å². The van der Waals surface area contributed by atoms with E-state index < -0.39 is 41.4 Å². The molecule has 0 spiro atoms. The van der Waals surface area contributed by atoms with E-state index in [1.54, 1.807) is 64.8 Å². The zero-order valence-electron chi connectivity index (χ0n) is 39.7. The largest absolute Gasteiger partial charge is 0.508 e. The van der Waals surface area contributed by atoms with Crippen molar-refractivity contribution < 1.29 is 48.0 Å². The molecule has 1 N–H and O–H groups in total. The highest BCUT2D eigenvalue weighted by atomic mass is 16.5. The fourth-order valence-electron chi connectivity index (χ4n) is 10.8. The van der Waals surface area contributed by atoms with Crippen LogP contribution in [0.3, 0.4) is 0 Å². The zero-order valence-corrected chi connectivity index (χ0v) is 39.7. The number of imide groups is 2. The Hall–Kier alpha value is -8.38. The molecular weight excluding hydrogens is 897 g/mol. The number of aromatic hydroxyl groups is 1. The number of ether oxygens (including phenoxy) is 5. The van der Waals surface area contributed by atoms with Crippen molar-refractivity contribution in [3.05, 3.63) is 178 Å². The zero-order chi connectivity index (χ0) is 49.3. The standard InChI is InChI=1S/C59H52N2O10/c1-67-42-23-28-51(69-3)38(30-42)16-10-35-12-18-40(19-13-35)60-56(63)47-27-26-45-48(54(47)58(60)65)33-49-55(53(45)46-25-22-44(32-50(46)62)71-34-37-8-6-5-7-9-37)59(66)61(57(49)64)41-20-14-36(15-21-41)11-17-39-31-43(68-2)24-29-52(39)70-4/h5-26,28-32,47-49,53-55,62H,27,33-34H2,1-4H3. The lowest BCUT2D eigenvalue weighted by Gasteiger charge is -2.44. The number of anilines is 2. The van der Waals surface area contributed by atoms with E-state index in [1.807, 2.05) is 121 Å². The van der Waals surface area contributed by atoms with Crippen molar-refractivity contribution in [1.82, 2.24) is 0 Å². The monoisotopic (exact) mass is 948 g/mol. The summed E-state index contributed by atoms with van der Waals surface area (Å²) in [6, 6.07) is 40.1. The molecule has 6 atom stereocenters. The smallest absolute Gasteiger partial charge is 0.238 e. The number of benzene rings is 6. The molecular formula is C59H52N2O10. The van der Waals surface area contributed by atoms with E-state index in [4.69, 9.17) is 23.7 Å². The number of allylic oxidation sites excluding steroid dienone is 2. The fourth-order valence-corrected chi connectivity index (χ4v) is 10.8. The third kappa shape index (κ3) is 8.71. The van der Waals surface area contributed by atoms with Crippen LogP contribution in [0.1, 0.15) is 52.1 Å². The van der Waals surface area contributed by atoms with Crippen molar-refractivity contribution in [2.24, 2.45) is 29.6 Å². The molecule has 6 aromatic carbocycles. The second-order valence-electron chi connectivity index (χ2n) is 18.1. The van der Waals surface area contributed by atoms with Crippen molar-refractivity contribution in [2.45, 2.75) is 25.4 Å². The lowest BCUT2D eigenvalue weighted by atomic mass is 9.57. The van der Waals surface area contributed by atoms with Crippen LogP contribution in [0.5, 0.6) is 34.5 Å². The predicted octanol–water partition coefficient (Wildman–Crippen LogP) is 10.4. The summed E-state index contributed by atoms with van der Waals surface area (Å²) in [5.74, 6) is -2.89. The number of amides is 4. The first-order valence-electron chi connectivity index (χ1n) is 23.5. The van der Waals surface area contributed by atoms with Gasteiger partial charge in [0.25, 0.3) is 0 Å². The highest BCUT2D eigenvalue weighted by Gasteiger charge is 2.62. The summed E-state index contributed by atoms with van der Waals surface area (Å²) in [7, 11) is 6.41. The molecule has 2 saturated heterocycles. The second-order valence-corrected chi connectivity index (χ2v) is 18.1. The predicted molar refractivity (Wildman–Crippen MR) is 271 cm³/mol. The Morgan fingerprint density at radius 3 is 1.61 bits per heavy atom. The average Bonchev–Trinajstić information content (AvgIpc) is 3.81. The van der Waals surface area contributed by atoms with Crippen LogP contribution in [0.2, 0.25) is 0 Å². The van der Waals surface area contributed by atoms with Gasteiger partial charge in [-0.05, 0) is 102 Å². The van der Waals surface area contributed by atoms with Crippen LogP contribution in [-0.2, 0) is 25.8 Å². The molecule has 358 valence electrons. The van der Waals surface area contributed by atoms with Crippen LogP contribution in [0.25, 0.3) is 24.3 Å². The maximum absolute atomic E-state index is 15.0. The van der Waals surface area contributed by atoms with Crippen LogP contribution in [0.4, 0.5) is 11.4 Å². The number of hydrogen-bond acceptors (Lipinski definition) is 10. The normalized spacial score (nSPS) is 21.5. The van der Waals surface area contributed by atoms with E-state index in [0.717, 1.165) is 33.4 Å². The van der Waals surface area contributed by atoms with Crippen LogP contribution in [0.15, 0.2) is 145 Å². The molecule has 4 aliphatic rings. The molecule has 6 unspecified atom stereocenters. The summed E-state index contributed by atoms with van der Waals surface area (Å²) in [6.07, 6.45) is 10.0. The van der Waals surface area contributed by atoms with Crippen LogP contribution in [0, 0.1) is 29.6 Å². The van der Waals surface area contributed by atoms with Gasteiger partial charge in [-0.3, -0.25) is 29.0 Å². The lowest BCUT2D eigenvalue weighted by Crippen LogP contribution is -2.43. The van der Waals surface area contributed by atoms with Gasteiger partial charge in [0.15, 0.2) is 0 Å². The topological polar surface area (TPSA) is 141 Å². The Morgan fingerprint density at radius 2 is 1.07 bits per heavy atom. The summed E-state index contributed by atoms with van der Waals surface area (Å²) in [5, 5.41) is 11.9. The Morgan fingerprint density at radius 1 is 0.535 bits per heavy atom. The van der Waals surface area contributed by atoms with Crippen molar-refractivity contribution in [3.8, 4) is 34.5 Å². The Labute approximate surface area is 412 Å². The summed E-state index contributed by atoms with van der Waals surface area (Å²) >= 11 is 0. The molecule has 2 aliphatic heterocycles. The Kier molecular flexibility index (Phi) is 12.8. The van der Waals surface area contributed by atoms with Gasteiger partial charge in [-0.2, -0.15) is 0 Å². The Bertz CT molecular complexity index is 3120. The van der Waals surface area contributed by atoms with Gasteiger partial charge in [0, 0.05) is 28.7 Å². The molecule has 0 radical (unpaired) electrons. The number of phenols is 1. The number of nitrogens with zero attached hydrogens (tertiary/aromatic N) is 2. The van der Waals surface area contributed by atoms with Crippen molar-refractivity contribution >= 4 is 59.3 Å². The molecule has 71 heavy (non-hydrogen) atoms. The van der Waals surface area contributed by atoms with E-state index in [2.05, 4.69) is 0 Å². The van der Waals surface area contributed by atoms with E-state index in [0.29, 0.717) is 45.7 Å². The molecule has 12 heteroatoms. The number of rotatable bonds is 14. The molecule has 0 aromatic heterocycles. The number of fused-ring (bicyclic) bond motifs is 4. The van der Waals surface area contributed by atoms with E-state index in [9.17, 15) is 24.3 Å². The van der Waals surface area contributed by atoms with Crippen molar-refractivity contribution in [2.75, 3.05) is 38.2 Å². The Balaban J connectivity index is 0.952. The fraction of sp³-hybridized carbons (Fsp3) is 0.220. The van der Waals surface area contributed by atoms with Gasteiger partial charge in [-0.1, -0.05) is 96.6 Å². The van der Waals surface area contributed by atoms with Crippen LogP contribution in [-0.4, -0.2) is 57.2 Å². The van der Waals surface area contributed by atoms with Crippen molar-refractivity contribution in [1.29, 1.82) is 0 Å². The first-order chi connectivity index (χ1) is 34.6. The van der Waals surface area contributed by atoms with Gasteiger partial charge in [0.2, 0.25) is 23.6 Å². The van der Waals surface area contributed by atoms with Gasteiger partial charge >= 0.3 is 0 Å². The molecule has 2 aliphatic carbocycles. The third-order valence-corrected chi connectivity index (χ3v) is 14.3. The molecule has 10 rings (SSSR count). The van der Waals surface area contributed by atoms with Gasteiger partial charge in [0.05, 0.1) is 63.5 Å². The molecule has 6 aromatic rings. The SMILES string of the molecule is COc1ccc(OC)c(C=Cc2ccc(N3C(=O)C4CC=C5C(CC6C(=O)N(c7ccc(C=Cc8cc(OC)ccc8OC)cc7)C(=O)C6C5c5ccc(OCc6ccccc6)cc5O)C4C3=O)cc2)c1. The minimum absolute atomic E-state index is 0.0973. The van der Waals surface area contributed by atoms with Crippen LogP contribution < -0.4 is 33.5 Å². The quantitative estimate of drug-likeness (QED) is 0.0637. The van der Waals surface area contributed by atoms with E-state index in [-0.39, 0.29) is 42.9 Å². The summed E-state index contributed by atoms with van der Waals surface area (Å²) < 4.78 is 27.9. The van der Waals surface area contributed by atoms with Gasteiger partial charge < -0.3 is 28.8 Å². The number of hydrogen-bond donors (Lipinski definition) is 1. The molecule has 2 heterocycles. The third-order valence-electron chi connectivity index (χ3n) is 14.3. The van der Waals surface area contributed by atoms with Gasteiger partial charge in [0.1, 0.15) is 41.1 Å². The molecule has 12 nitrogen and oxygen atoms in total. The number of methoxy groups -OCH3 is 4. The lowest BCUT2D eigenvalue weighted by molar-refractivity contribution is -0.126. The average molecular weight is 949 g/mol. The summed E-state index contributed by atoms with van der Waals surface area (Å²) in [4.78, 5) is 61.5. The van der Waals surface area contributed by atoms with Crippen molar-refractivity contribution in [3.63, 3.8) is 0 Å². The first kappa shape index (κ1) is 46.4. The minimum Gasteiger partial charge on any atom is -0.508 e. The molecule has 3 fully saturated rings. The summed E-state index contributed by atoms with van der Waals surface area (Å²) in [6.45, 7) is 0.278. The van der Waals surface area contributed by atoms with Gasteiger partial charge in [-0.25, -0.2) is 0 Å². The van der Waals surface area contributed by atoms with E-state index >= 15 is 0 Å². The maximum Gasteiger partial charge on any atom is 0.238 e. The number of phenolic OH excluding ortho intramolecular Hbond substituents is 1. The second kappa shape index (κ2) is 19.6. The highest BCUT2D eigenvalue weighted by molar-refractivity contribution is 6.24. The first-order valence-corrected chi connectivity index (χ1v) is 23.5. The number of carbonyl (C=O) groups is 4. The molecule has 4 amide bonds.